The second kappa shape index (κ2) is 8.79. The van der Waals surface area contributed by atoms with E-state index in [4.69, 9.17) is 14.6 Å². The summed E-state index contributed by atoms with van der Waals surface area (Å²) < 4.78 is 10.4. The van der Waals surface area contributed by atoms with E-state index in [1.807, 2.05) is 26.0 Å². The van der Waals surface area contributed by atoms with Gasteiger partial charge in [0.2, 0.25) is 0 Å². The van der Waals surface area contributed by atoms with Crippen molar-refractivity contribution in [2.24, 2.45) is 5.41 Å². The Morgan fingerprint density at radius 2 is 1.91 bits per heavy atom. The summed E-state index contributed by atoms with van der Waals surface area (Å²) in [5.74, 6) is 0.931. The molecule has 0 aliphatic rings. The Bertz CT molecular complexity index is 451. The first kappa shape index (κ1) is 18.5. The molecule has 1 unspecified atom stereocenters. The van der Waals surface area contributed by atoms with Crippen molar-refractivity contribution in [3.63, 3.8) is 0 Å². The number of hydrogen-bond donors (Lipinski definition) is 1. The second-order valence-corrected chi connectivity index (χ2v) is 6.18. The Kier molecular flexibility index (Phi) is 7.39. The van der Waals surface area contributed by atoms with Crippen LogP contribution in [0.5, 0.6) is 5.75 Å². The van der Waals surface area contributed by atoms with Crippen LogP contribution >= 0.6 is 0 Å². The van der Waals surface area contributed by atoms with Gasteiger partial charge in [-0.3, -0.25) is 4.79 Å². The van der Waals surface area contributed by atoms with Crippen LogP contribution in [-0.2, 0) is 9.53 Å². The maximum absolute atomic E-state index is 12.2. The van der Waals surface area contributed by atoms with E-state index in [0.29, 0.717) is 12.3 Å². The molecule has 0 heterocycles. The predicted molar refractivity (Wildman–Crippen MR) is 87.1 cm³/mol. The van der Waals surface area contributed by atoms with Gasteiger partial charge in [0, 0.05) is 13.0 Å². The van der Waals surface area contributed by atoms with Crippen molar-refractivity contribution in [3.8, 4) is 5.75 Å². The number of ether oxygens (including phenoxy) is 2. The Balaban J connectivity index is 2.71. The average molecular weight is 308 g/mol. The zero-order valence-corrected chi connectivity index (χ0v) is 14.1. The SMILES string of the molecule is CCC(CC(C)(C)C(=O)OCCCO)c1ccc(OC)cc1. The summed E-state index contributed by atoms with van der Waals surface area (Å²) >= 11 is 0. The lowest BCUT2D eigenvalue weighted by atomic mass is 9.79. The van der Waals surface area contributed by atoms with Gasteiger partial charge in [-0.05, 0) is 50.3 Å². The highest BCUT2D eigenvalue weighted by Crippen LogP contribution is 2.35. The number of rotatable bonds is 9. The van der Waals surface area contributed by atoms with Crippen molar-refractivity contribution in [3.05, 3.63) is 29.8 Å². The summed E-state index contributed by atoms with van der Waals surface area (Å²) in [6.07, 6.45) is 2.17. The summed E-state index contributed by atoms with van der Waals surface area (Å²) in [5.41, 5.74) is 0.662. The lowest BCUT2D eigenvalue weighted by molar-refractivity contribution is -0.154. The maximum atomic E-state index is 12.2. The average Bonchev–Trinajstić information content (AvgIpc) is 2.53. The Morgan fingerprint density at radius 3 is 2.41 bits per heavy atom. The molecule has 4 heteroatoms. The van der Waals surface area contributed by atoms with Gasteiger partial charge in [-0.15, -0.1) is 0 Å². The molecule has 0 bridgehead atoms. The smallest absolute Gasteiger partial charge is 0.311 e. The molecule has 0 spiro atoms. The second-order valence-electron chi connectivity index (χ2n) is 6.18. The summed E-state index contributed by atoms with van der Waals surface area (Å²) in [5, 5.41) is 8.76. The van der Waals surface area contributed by atoms with Gasteiger partial charge in [-0.1, -0.05) is 19.1 Å². The van der Waals surface area contributed by atoms with Crippen molar-refractivity contribution in [1.82, 2.24) is 0 Å². The molecule has 0 aromatic heterocycles. The van der Waals surface area contributed by atoms with E-state index in [1.165, 1.54) is 5.56 Å². The molecule has 4 nitrogen and oxygen atoms in total. The standard InChI is InChI=1S/C18H28O4/c1-5-14(15-7-9-16(21-4)10-8-15)13-18(2,3)17(20)22-12-6-11-19/h7-10,14,19H,5-6,11-13H2,1-4H3. The Morgan fingerprint density at radius 1 is 1.27 bits per heavy atom. The summed E-state index contributed by atoms with van der Waals surface area (Å²) in [6, 6.07) is 8.01. The highest BCUT2D eigenvalue weighted by molar-refractivity contribution is 5.76. The molecule has 1 aromatic carbocycles. The number of aliphatic hydroxyl groups is 1. The molecular weight excluding hydrogens is 280 g/mol. The number of carbonyl (C=O) groups is 1. The molecule has 124 valence electrons. The van der Waals surface area contributed by atoms with E-state index < -0.39 is 5.41 Å². The lowest BCUT2D eigenvalue weighted by Gasteiger charge is -2.27. The van der Waals surface area contributed by atoms with E-state index in [9.17, 15) is 4.79 Å². The normalized spacial score (nSPS) is 12.8. The number of benzene rings is 1. The highest BCUT2D eigenvalue weighted by atomic mass is 16.5. The van der Waals surface area contributed by atoms with E-state index in [0.717, 1.165) is 18.6 Å². The lowest BCUT2D eigenvalue weighted by Crippen LogP contribution is -2.29. The van der Waals surface area contributed by atoms with Crippen LogP contribution in [0.4, 0.5) is 0 Å². The van der Waals surface area contributed by atoms with Crippen LogP contribution in [0.2, 0.25) is 0 Å². The molecular formula is C18H28O4. The maximum Gasteiger partial charge on any atom is 0.311 e. The monoisotopic (exact) mass is 308 g/mol. The highest BCUT2D eigenvalue weighted by Gasteiger charge is 2.32. The van der Waals surface area contributed by atoms with Crippen LogP contribution in [0.3, 0.4) is 0 Å². The van der Waals surface area contributed by atoms with Gasteiger partial charge in [-0.2, -0.15) is 0 Å². The molecule has 0 aliphatic heterocycles. The first-order chi connectivity index (χ1) is 10.4. The van der Waals surface area contributed by atoms with Crippen LogP contribution < -0.4 is 4.74 Å². The minimum atomic E-state index is -0.546. The molecule has 0 radical (unpaired) electrons. The minimum Gasteiger partial charge on any atom is -0.497 e. The van der Waals surface area contributed by atoms with Gasteiger partial charge in [-0.25, -0.2) is 0 Å². The number of hydrogen-bond acceptors (Lipinski definition) is 4. The molecule has 22 heavy (non-hydrogen) atoms. The molecule has 0 amide bonds. The number of methoxy groups -OCH3 is 1. The van der Waals surface area contributed by atoms with E-state index in [2.05, 4.69) is 19.1 Å². The van der Waals surface area contributed by atoms with Gasteiger partial charge in [0.15, 0.2) is 0 Å². The van der Waals surface area contributed by atoms with Gasteiger partial charge < -0.3 is 14.6 Å². The summed E-state index contributed by atoms with van der Waals surface area (Å²) in [4.78, 5) is 12.2. The molecule has 1 aromatic rings. The van der Waals surface area contributed by atoms with Crippen LogP contribution in [0.15, 0.2) is 24.3 Å². The molecule has 0 aliphatic carbocycles. The quantitative estimate of drug-likeness (QED) is 0.560. The van der Waals surface area contributed by atoms with Crippen LogP contribution in [0, 0.1) is 5.41 Å². The number of esters is 1. The molecule has 1 rings (SSSR count). The zero-order valence-electron chi connectivity index (χ0n) is 14.1. The summed E-state index contributed by atoms with van der Waals surface area (Å²) in [7, 11) is 1.65. The zero-order chi connectivity index (χ0) is 16.6. The van der Waals surface area contributed by atoms with Crippen molar-refractivity contribution in [2.45, 2.75) is 46.0 Å². The molecule has 1 atom stereocenters. The fourth-order valence-electron chi connectivity index (χ4n) is 2.50. The third kappa shape index (κ3) is 5.34. The van der Waals surface area contributed by atoms with Gasteiger partial charge in [0.25, 0.3) is 0 Å². The van der Waals surface area contributed by atoms with Crippen LogP contribution in [0.25, 0.3) is 0 Å². The number of aliphatic hydroxyl groups excluding tert-OH is 1. The van der Waals surface area contributed by atoms with E-state index >= 15 is 0 Å². The van der Waals surface area contributed by atoms with E-state index in [-0.39, 0.29) is 19.2 Å². The van der Waals surface area contributed by atoms with E-state index in [1.54, 1.807) is 7.11 Å². The van der Waals surface area contributed by atoms with Gasteiger partial charge in [0.1, 0.15) is 5.75 Å². The van der Waals surface area contributed by atoms with Crippen LogP contribution in [-0.4, -0.2) is 31.4 Å². The molecule has 0 saturated heterocycles. The van der Waals surface area contributed by atoms with Crippen LogP contribution in [0.1, 0.15) is 51.5 Å². The van der Waals surface area contributed by atoms with Gasteiger partial charge in [0.05, 0.1) is 19.1 Å². The fourth-order valence-corrected chi connectivity index (χ4v) is 2.50. The first-order valence-corrected chi connectivity index (χ1v) is 7.86. The van der Waals surface area contributed by atoms with Crippen molar-refractivity contribution in [1.29, 1.82) is 0 Å². The predicted octanol–water partition coefficient (Wildman–Crippen LogP) is 3.53. The molecule has 0 fully saturated rings. The molecule has 1 N–H and O–H groups in total. The summed E-state index contributed by atoms with van der Waals surface area (Å²) in [6.45, 7) is 6.28. The largest absolute Gasteiger partial charge is 0.497 e. The minimum absolute atomic E-state index is 0.0388. The van der Waals surface area contributed by atoms with Crippen molar-refractivity contribution < 1.29 is 19.4 Å². The van der Waals surface area contributed by atoms with Crippen molar-refractivity contribution in [2.75, 3.05) is 20.3 Å². The first-order valence-electron chi connectivity index (χ1n) is 7.86. The topological polar surface area (TPSA) is 55.8 Å². The van der Waals surface area contributed by atoms with Gasteiger partial charge >= 0.3 is 5.97 Å². The Hall–Kier alpha value is -1.55. The fraction of sp³-hybridized carbons (Fsp3) is 0.611. The third-order valence-corrected chi connectivity index (χ3v) is 3.92. The molecule has 0 saturated carbocycles. The Labute approximate surface area is 133 Å². The number of carbonyl (C=O) groups excluding carboxylic acids is 1. The van der Waals surface area contributed by atoms with Crippen molar-refractivity contribution >= 4 is 5.97 Å². The third-order valence-electron chi connectivity index (χ3n) is 3.92.